The van der Waals surface area contributed by atoms with Gasteiger partial charge in [-0.1, -0.05) is 23.4 Å². The Morgan fingerprint density at radius 3 is 3.12 bits per heavy atom. The van der Waals surface area contributed by atoms with E-state index in [1.807, 2.05) is 11.6 Å². The van der Waals surface area contributed by atoms with E-state index in [1.54, 1.807) is 6.33 Å². The number of fused-ring (bicyclic) bond motifs is 1. The molecule has 3 aliphatic rings. The van der Waals surface area contributed by atoms with Crippen LogP contribution in [0.4, 0.5) is 0 Å². The van der Waals surface area contributed by atoms with Crippen LogP contribution in [0.3, 0.4) is 0 Å². The normalized spacial score (nSPS) is 29.2. The van der Waals surface area contributed by atoms with Gasteiger partial charge in [0.2, 0.25) is 5.91 Å². The first-order chi connectivity index (χ1) is 12.7. The van der Waals surface area contributed by atoms with Gasteiger partial charge in [0.05, 0.1) is 25.6 Å². The third-order valence-corrected chi connectivity index (χ3v) is 6.87. The largest absolute Gasteiger partial charge is 0.380 e. The number of ether oxygens (including phenoxy) is 2. The molecule has 1 amide bonds. The fraction of sp³-hybridized carbons (Fsp3) is 0.722. The fourth-order valence-electron chi connectivity index (χ4n) is 4.59. The predicted molar refractivity (Wildman–Crippen MR) is 97.9 cm³/mol. The van der Waals surface area contributed by atoms with Gasteiger partial charge in [0.25, 0.3) is 0 Å². The minimum Gasteiger partial charge on any atom is -0.380 e. The van der Waals surface area contributed by atoms with Crippen molar-refractivity contribution in [3.8, 4) is 0 Å². The number of thioether (sulfide) groups is 1. The smallest absolute Gasteiger partial charge is 0.233 e. The molecule has 0 aliphatic carbocycles. The second-order valence-electron chi connectivity index (χ2n) is 7.27. The van der Waals surface area contributed by atoms with Crippen LogP contribution in [0.25, 0.3) is 0 Å². The average molecular weight is 378 g/mol. The Balaban J connectivity index is 1.51. The number of carbonyl (C=O) groups excluding carboxylic acids is 1. The van der Waals surface area contributed by atoms with Crippen molar-refractivity contribution in [3.63, 3.8) is 0 Å². The van der Waals surface area contributed by atoms with Crippen molar-refractivity contribution in [1.82, 2.24) is 19.7 Å². The molecule has 0 bridgehead atoms. The van der Waals surface area contributed by atoms with Crippen molar-refractivity contribution in [2.75, 3.05) is 38.7 Å². The topological polar surface area (TPSA) is 69.5 Å². The molecule has 2 fully saturated rings. The number of aromatic nitrogens is 3. The zero-order chi connectivity index (χ0) is 18.0. The van der Waals surface area contributed by atoms with Crippen molar-refractivity contribution in [2.45, 2.75) is 36.9 Å². The zero-order valence-electron chi connectivity index (χ0n) is 15.2. The third kappa shape index (κ3) is 3.30. The molecular weight excluding hydrogens is 352 g/mol. The van der Waals surface area contributed by atoms with Crippen LogP contribution < -0.4 is 0 Å². The molecule has 0 spiro atoms. The maximum atomic E-state index is 13.0. The third-order valence-electron chi connectivity index (χ3n) is 5.85. The van der Waals surface area contributed by atoms with Gasteiger partial charge in [-0.3, -0.25) is 4.79 Å². The van der Waals surface area contributed by atoms with Crippen LogP contribution in [-0.4, -0.2) is 70.3 Å². The molecule has 26 heavy (non-hydrogen) atoms. The Bertz CT molecular complexity index is 688. The highest BCUT2D eigenvalue weighted by Crippen LogP contribution is 2.48. The molecular formula is C18H26N4O3S. The molecule has 1 aromatic rings. The lowest BCUT2D eigenvalue weighted by atomic mass is 9.65. The molecule has 0 radical (unpaired) electrons. The second-order valence-corrected chi connectivity index (χ2v) is 8.21. The summed E-state index contributed by atoms with van der Waals surface area (Å²) in [5.74, 6) is 0.601. The molecule has 0 aromatic carbocycles. The van der Waals surface area contributed by atoms with Gasteiger partial charge in [0.15, 0.2) is 5.16 Å². The summed E-state index contributed by atoms with van der Waals surface area (Å²) in [4.78, 5) is 15.2. The van der Waals surface area contributed by atoms with E-state index >= 15 is 0 Å². The summed E-state index contributed by atoms with van der Waals surface area (Å²) in [6, 6.07) is 0.238. The van der Waals surface area contributed by atoms with Crippen molar-refractivity contribution in [1.29, 1.82) is 0 Å². The second kappa shape index (κ2) is 7.70. The Kier molecular flexibility index (Phi) is 5.33. The molecule has 8 heteroatoms. The van der Waals surface area contributed by atoms with Crippen LogP contribution >= 0.6 is 11.8 Å². The van der Waals surface area contributed by atoms with Gasteiger partial charge in [0.1, 0.15) is 6.33 Å². The number of hydrogen-bond acceptors (Lipinski definition) is 6. The number of hydrogen-bond donors (Lipinski definition) is 0. The summed E-state index contributed by atoms with van der Waals surface area (Å²) in [5.41, 5.74) is 1.41. The Morgan fingerprint density at radius 1 is 1.42 bits per heavy atom. The highest BCUT2D eigenvalue weighted by molar-refractivity contribution is 7.99. The van der Waals surface area contributed by atoms with Crippen LogP contribution in [0.5, 0.6) is 0 Å². The Labute approximate surface area is 158 Å². The average Bonchev–Trinajstić information content (AvgIpc) is 3.11. The Hall–Kier alpha value is -1.38. The lowest BCUT2D eigenvalue weighted by molar-refractivity contribution is -0.144. The van der Waals surface area contributed by atoms with Crippen LogP contribution in [0, 0.1) is 5.41 Å². The first-order valence-corrected chi connectivity index (χ1v) is 10.3. The minimum absolute atomic E-state index is 0.0224. The fourth-order valence-corrected chi connectivity index (χ4v) is 5.37. The van der Waals surface area contributed by atoms with Gasteiger partial charge >= 0.3 is 0 Å². The minimum atomic E-state index is -0.0224. The van der Waals surface area contributed by atoms with Gasteiger partial charge in [-0.15, -0.1) is 10.2 Å². The maximum absolute atomic E-state index is 13.0. The monoisotopic (exact) mass is 378 g/mol. The number of rotatable bonds is 4. The molecule has 4 heterocycles. The molecule has 7 nitrogen and oxygen atoms in total. The predicted octanol–water partition coefficient (Wildman–Crippen LogP) is 1.65. The molecule has 0 unspecified atom stereocenters. The van der Waals surface area contributed by atoms with Crippen LogP contribution in [0.15, 0.2) is 23.1 Å². The number of carbonyl (C=O) groups is 1. The van der Waals surface area contributed by atoms with E-state index in [0.717, 1.165) is 57.2 Å². The summed E-state index contributed by atoms with van der Waals surface area (Å²) in [7, 11) is 1.90. The highest BCUT2D eigenvalue weighted by Gasteiger charge is 2.50. The first-order valence-electron chi connectivity index (χ1n) is 9.32. The SMILES string of the molecule is Cn1cnnc1SCC(=O)N1CCC[C@@]2(C3=CCOCC3)COCC[C@H]12. The summed E-state index contributed by atoms with van der Waals surface area (Å²) >= 11 is 1.46. The number of piperidine rings is 1. The first kappa shape index (κ1) is 18.0. The maximum Gasteiger partial charge on any atom is 0.233 e. The van der Waals surface area contributed by atoms with Crippen molar-refractivity contribution >= 4 is 17.7 Å². The lowest BCUT2D eigenvalue weighted by Gasteiger charge is -2.54. The van der Waals surface area contributed by atoms with Crippen molar-refractivity contribution in [3.05, 3.63) is 18.0 Å². The molecule has 2 saturated heterocycles. The summed E-state index contributed by atoms with van der Waals surface area (Å²) in [6.45, 7) is 3.75. The highest BCUT2D eigenvalue weighted by atomic mass is 32.2. The van der Waals surface area contributed by atoms with Crippen LogP contribution in [0.1, 0.15) is 25.7 Å². The van der Waals surface area contributed by atoms with E-state index in [0.29, 0.717) is 12.4 Å². The Morgan fingerprint density at radius 2 is 2.35 bits per heavy atom. The standard InChI is InChI=1S/C18H26N4O3S/c1-21-13-19-20-17(21)26-11-16(23)22-7-2-6-18(12-25-10-5-15(18)22)14-3-8-24-9-4-14/h3,13,15H,2,4-12H2,1H3/t15-,18-/m0/s1. The van der Waals surface area contributed by atoms with Gasteiger partial charge in [-0.25, -0.2) is 0 Å². The van der Waals surface area contributed by atoms with Gasteiger partial charge in [-0.05, 0) is 25.7 Å². The van der Waals surface area contributed by atoms with Crippen LogP contribution in [0.2, 0.25) is 0 Å². The molecule has 2 atom stereocenters. The van der Waals surface area contributed by atoms with E-state index in [1.165, 1.54) is 17.3 Å². The van der Waals surface area contributed by atoms with Gasteiger partial charge in [0, 0.05) is 31.7 Å². The van der Waals surface area contributed by atoms with Crippen LogP contribution in [-0.2, 0) is 21.3 Å². The molecule has 4 rings (SSSR count). The zero-order valence-corrected chi connectivity index (χ0v) is 16.0. The summed E-state index contributed by atoms with van der Waals surface area (Å²) in [6.07, 6.45) is 7.89. The van der Waals surface area contributed by atoms with Gasteiger partial charge in [-0.2, -0.15) is 0 Å². The number of nitrogens with zero attached hydrogens (tertiary/aromatic N) is 4. The van der Waals surface area contributed by atoms with Crippen molar-refractivity contribution in [2.24, 2.45) is 12.5 Å². The van der Waals surface area contributed by atoms with Crippen molar-refractivity contribution < 1.29 is 14.3 Å². The van der Waals surface area contributed by atoms with E-state index in [-0.39, 0.29) is 17.4 Å². The van der Waals surface area contributed by atoms with E-state index in [4.69, 9.17) is 9.47 Å². The molecule has 142 valence electrons. The quantitative estimate of drug-likeness (QED) is 0.586. The summed E-state index contributed by atoms with van der Waals surface area (Å²) in [5, 5.41) is 8.72. The number of aryl methyl sites for hydroxylation is 1. The summed E-state index contributed by atoms with van der Waals surface area (Å²) < 4.78 is 13.3. The lowest BCUT2D eigenvalue weighted by Crippen LogP contribution is -2.60. The van der Waals surface area contributed by atoms with Gasteiger partial charge < -0.3 is 18.9 Å². The van der Waals surface area contributed by atoms with E-state index in [2.05, 4.69) is 21.2 Å². The van der Waals surface area contributed by atoms with E-state index < -0.39 is 0 Å². The molecule has 1 aromatic heterocycles. The molecule has 0 N–H and O–H groups in total. The van der Waals surface area contributed by atoms with E-state index in [9.17, 15) is 4.79 Å². The molecule has 0 saturated carbocycles. The number of amides is 1. The number of likely N-dealkylation sites (tertiary alicyclic amines) is 1. The molecule has 3 aliphatic heterocycles.